The zero-order valence-corrected chi connectivity index (χ0v) is 17.7. The molecule has 0 fully saturated rings. The van der Waals surface area contributed by atoms with Gasteiger partial charge in [0.15, 0.2) is 0 Å². The molecule has 0 radical (unpaired) electrons. The molecule has 4 aromatic heterocycles. The maximum absolute atomic E-state index is 13.7. The summed E-state index contributed by atoms with van der Waals surface area (Å²) in [6, 6.07) is 15.3. The number of hydrogen-bond donors (Lipinski definition) is 0. The molecule has 33 heavy (non-hydrogen) atoms. The van der Waals surface area contributed by atoms with Crippen LogP contribution >= 0.6 is 0 Å². The number of fused-ring (bicyclic) bond motifs is 8. The fourth-order valence-corrected chi connectivity index (χ4v) is 5.67. The van der Waals surface area contributed by atoms with E-state index in [9.17, 15) is 9.59 Å². The van der Waals surface area contributed by atoms with Gasteiger partial charge in [0.05, 0.1) is 21.7 Å². The molecule has 0 saturated carbocycles. The lowest BCUT2D eigenvalue weighted by molar-refractivity contribution is 0.792. The Kier molecular flexibility index (Phi) is 2.89. The third-order valence-electron chi connectivity index (χ3n) is 7.14. The molecule has 6 heteroatoms. The average molecular weight is 428 g/mol. The second-order valence-corrected chi connectivity index (χ2v) is 9.07. The van der Waals surface area contributed by atoms with Gasteiger partial charge in [-0.15, -0.1) is 0 Å². The molecule has 7 aromatic rings. The molecular weight excluding hydrogens is 412 g/mol. The number of imidazole rings is 2. The van der Waals surface area contributed by atoms with Crippen molar-refractivity contribution >= 4 is 66.8 Å². The van der Waals surface area contributed by atoms with Gasteiger partial charge < -0.3 is 0 Å². The molecular formula is C27H16N4O2. The van der Waals surface area contributed by atoms with E-state index in [1.807, 2.05) is 36.4 Å². The minimum Gasteiger partial charge on any atom is -0.268 e. The summed E-state index contributed by atoms with van der Waals surface area (Å²) in [4.78, 5) is 37.0. The van der Waals surface area contributed by atoms with Crippen LogP contribution in [0.5, 0.6) is 0 Å². The van der Waals surface area contributed by atoms with E-state index in [4.69, 9.17) is 9.97 Å². The van der Waals surface area contributed by atoms with Crippen molar-refractivity contribution in [2.45, 2.75) is 13.3 Å². The van der Waals surface area contributed by atoms with E-state index in [0.717, 1.165) is 49.7 Å². The third kappa shape index (κ3) is 1.91. The van der Waals surface area contributed by atoms with Crippen LogP contribution in [0.4, 0.5) is 0 Å². The summed E-state index contributed by atoms with van der Waals surface area (Å²) in [5.74, 6) is 0.386. The number of pyridine rings is 2. The van der Waals surface area contributed by atoms with Crippen molar-refractivity contribution in [1.82, 2.24) is 18.8 Å². The first kappa shape index (κ1) is 17.3. The monoisotopic (exact) mass is 428 g/mol. The summed E-state index contributed by atoms with van der Waals surface area (Å²) in [7, 11) is 0. The number of para-hydroxylation sites is 2. The predicted molar refractivity (Wildman–Crippen MR) is 131 cm³/mol. The SMILES string of the molecule is CC1C=c2nc3c4ccc5c6c(ccc(c(=O)n3c2=CC1)c46)c(=O)n1c2ccccc2nc51. The van der Waals surface area contributed by atoms with E-state index in [2.05, 4.69) is 19.1 Å². The Hall–Kier alpha value is -4.32. The minimum absolute atomic E-state index is 0.0966. The minimum atomic E-state index is -0.119. The van der Waals surface area contributed by atoms with Crippen molar-refractivity contribution in [2.75, 3.05) is 0 Å². The van der Waals surface area contributed by atoms with E-state index in [-0.39, 0.29) is 11.1 Å². The lowest BCUT2D eigenvalue weighted by Gasteiger charge is -2.12. The molecule has 6 nitrogen and oxygen atoms in total. The van der Waals surface area contributed by atoms with E-state index in [0.29, 0.717) is 28.0 Å². The zero-order chi connectivity index (χ0) is 22.0. The standard InChI is InChI=1S/C27H16N4O2/c1-13-6-11-21-19(12-13)29-25-15-8-7-14-22-16(9-10-17(23(15)22)27(33)31(21)25)26(32)30-20-5-3-2-4-18(20)28-24(14)30/h2-5,7-13H,6H2,1H3. The molecule has 156 valence electrons. The topological polar surface area (TPSA) is 68.7 Å². The zero-order valence-electron chi connectivity index (χ0n) is 17.7. The van der Waals surface area contributed by atoms with Crippen LogP contribution in [-0.4, -0.2) is 18.8 Å². The third-order valence-corrected chi connectivity index (χ3v) is 7.14. The Morgan fingerprint density at radius 3 is 2.18 bits per heavy atom. The molecule has 1 aliphatic carbocycles. The van der Waals surface area contributed by atoms with E-state index >= 15 is 0 Å². The van der Waals surface area contributed by atoms with Gasteiger partial charge in [0.2, 0.25) is 0 Å². The van der Waals surface area contributed by atoms with Crippen molar-refractivity contribution in [3.8, 4) is 0 Å². The molecule has 1 unspecified atom stereocenters. The van der Waals surface area contributed by atoms with Crippen molar-refractivity contribution < 1.29 is 0 Å². The number of nitrogens with zero attached hydrogens (tertiary/aromatic N) is 4. The molecule has 1 aliphatic rings. The van der Waals surface area contributed by atoms with E-state index < -0.39 is 0 Å². The van der Waals surface area contributed by atoms with Crippen LogP contribution in [0.15, 0.2) is 58.1 Å². The van der Waals surface area contributed by atoms with Crippen LogP contribution in [-0.2, 0) is 0 Å². The van der Waals surface area contributed by atoms with Crippen LogP contribution < -0.4 is 21.8 Å². The predicted octanol–water partition coefficient (Wildman–Crippen LogP) is 2.79. The van der Waals surface area contributed by atoms with Gasteiger partial charge in [-0.05, 0) is 48.7 Å². The highest BCUT2D eigenvalue weighted by atomic mass is 16.1. The number of rotatable bonds is 0. The maximum atomic E-state index is 13.7. The fourth-order valence-electron chi connectivity index (χ4n) is 5.67. The molecule has 3 aromatic carbocycles. The second-order valence-electron chi connectivity index (χ2n) is 9.07. The van der Waals surface area contributed by atoms with Gasteiger partial charge >= 0.3 is 0 Å². The van der Waals surface area contributed by atoms with Crippen LogP contribution in [0, 0.1) is 5.92 Å². The molecule has 0 spiro atoms. The fraction of sp³-hybridized carbons (Fsp3) is 0.111. The van der Waals surface area contributed by atoms with Gasteiger partial charge in [-0.3, -0.25) is 18.4 Å². The van der Waals surface area contributed by atoms with Crippen molar-refractivity contribution in [3.63, 3.8) is 0 Å². The van der Waals surface area contributed by atoms with Gasteiger partial charge in [-0.25, -0.2) is 9.97 Å². The largest absolute Gasteiger partial charge is 0.268 e. The van der Waals surface area contributed by atoms with E-state index in [1.165, 1.54) is 0 Å². The molecule has 0 aliphatic heterocycles. The maximum Gasteiger partial charge on any atom is 0.264 e. The van der Waals surface area contributed by atoms with Crippen molar-refractivity contribution in [2.24, 2.45) is 5.92 Å². The van der Waals surface area contributed by atoms with Gasteiger partial charge in [0.1, 0.15) is 11.3 Å². The Balaban J connectivity index is 1.71. The highest BCUT2D eigenvalue weighted by molar-refractivity contribution is 6.27. The van der Waals surface area contributed by atoms with Crippen LogP contribution in [0.2, 0.25) is 0 Å². The van der Waals surface area contributed by atoms with Crippen LogP contribution in [0.25, 0.3) is 66.8 Å². The Labute approximate surface area is 185 Å². The molecule has 0 saturated heterocycles. The summed E-state index contributed by atoms with van der Waals surface area (Å²) in [6.45, 7) is 2.15. The second kappa shape index (κ2) is 5.53. The molecule has 8 rings (SSSR count). The number of benzene rings is 3. The van der Waals surface area contributed by atoms with Crippen molar-refractivity contribution in [1.29, 1.82) is 0 Å². The Morgan fingerprint density at radius 2 is 1.42 bits per heavy atom. The lowest BCUT2D eigenvalue weighted by Crippen LogP contribution is -2.35. The molecule has 0 N–H and O–H groups in total. The summed E-state index contributed by atoms with van der Waals surface area (Å²) >= 11 is 0. The van der Waals surface area contributed by atoms with Gasteiger partial charge in [0, 0.05) is 32.3 Å². The molecule has 1 atom stereocenters. The van der Waals surface area contributed by atoms with Crippen molar-refractivity contribution in [3.05, 3.63) is 79.9 Å². The Bertz CT molecular complexity index is 2220. The lowest BCUT2D eigenvalue weighted by atomic mass is 9.96. The Morgan fingerprint density at radius 1 is 0.788 bits per heavy atom. The summed E-state index contributed by atoms with van der Waals surface area (Å²) in [5, 5.41) is 6.24. The van der Waals surface area contributed by atoms with Gasteiger partial charge in [-0.2, -0.15) is 0 Å². The average Bonchev–Trinajstić information content (AvgIpc) is 3.40. The first-order valence-corrected chi connectivity index (χ1v) is 11.1. The first-order chi connectivity index (χ1) is 16.1. The smallest absolute Gasteiger partial charge is 0.264 e. The van der Waals surface area contributed by atoms with Gasteiger partial charge in [0.25, 0.3) is 11.1 Å². The quantitative estimate of drug-likeness (QED) is 0.349. The summed E-state index contributed by atoms with van der Waals surface area (Å²) < 4.78 is 3.42. The highest BCUT2D eigenvalue weighted by Gasteiger charge is 2.22. The molecule has 0 bridgehead atoms. The van der Waals surface area contributed by atoms with Crippen LogP contribution in [0.1, 0.15) is 13.3 Å². The number of hydrogen-bond acceptors (Lipinski definition) is 4. The first-order valence-electron chi connectivity index (χ1n) is 11.1. The van der Waals surface area contributed by atoms with E-state index in [1.54, 1.807) is 20.9 Å². The number of aromatic nitrogens is 4. The summed E-state index contributed by atoms with van der Waals surface area (Å²) in [6.07, 6.45) is 5.12. The summed E-state index contributed by atoms with van der Waals surface area (Å²) in [5.41, 5.74) is 2.61. The molecule has 4 heterocycles. The highest BCUT2D eigenvalue weighted by Crippen LogP contribution is 2.35. The molecule has 0 amide bonds. The van der Waals surface area contributed by atoms with Crippen LogP contribution in [0.3, 0.4) is 0 Å². The van der Waals surface area contributed by atoms with Gasteiger partial charge in [-0.1, -0.05) is 31.2 Å². The normalized spacial score (nSPS) is 16.3.